The van der Waals surface area contributed by atoms with E-state index in [1.807, 2.05) is 48.5 Å². The van der Waals surface area contributed by atoms with Crippen molar-refractivity contribution in [2.75, 3.05) is 0 Å². The fourth-order valence-electron chi connectivity index (χ4n) is 4.11. The molecule has 1 saturated heterocycles. The van der Waals surface area contributed by atoms with E-state index in [2.05, 4.69) is 28.0 Å². The molecule has 0 atom stereocenters. The SMILES string of the molecule is O=C1/C(=C\c2ccn(C3CCCC3)c2)SC(=Nc2ccccc2)N1Cc1cccnc1. The number of benzene rings is 1. The van der Waals surface area contributed by atoms with Gasteiger partial charge in [0.15, 0.2) is 5.17 Å². The molecule has 0 bridgehead atoms. The molecule has 2 aromatic heterocycles. The maximum absolute atomic E-state index is 13.3. The van der Waals surface area contributed by atoms with Crippen molar-refractivity contribution in [3.05, 3.63) is 89.4 Å². The number of rotatable bonds is 5. The first-order valence-corrected chi connectivity index (χ1v) is 11.5. The number of aliphatic imine (C=N–C) groups is 1. The second-order valence-corrected chi connectivity index (χ2v) is 8.93. The first kappa shape index (κ1) is 19.8. The van der Waals surface area contributed by atoms with Crippen molar-refractivity contribution in [1.29, 1.82) is 0 Å². The molecule has 156 valence electrons. The van der Waals surface area contributed by atoms with Gasteiger partial charge in [-0.1, -0.05) is 37.1 Å². The van der Waals surface area contributed by atoms with Gasteiger partial charge in [-0.3, -0.25) is 14.7 Å². The molecule has 1 aliphatic carbocycles. The van der Waals surface area contributed by atoms with E-state index in [0.717, 1.165) is 16.8 Å². The summed E-state index contributed by atoms with van der Waals surface area (Å²) in [5, 5.41) is 0.696. The highest BCUT2D eigenvalue weighted by molar-refractivity contribution is 8.18. The van der Waals surface area contributed by atoms with Crippen LogP contribution in [0.5, 0.6) is 0 Å². The zero-order valence-corrected chi connectivity index (χ0v) is 18.0. The Hall–Kier alpha value is -3.12. The molecule has 0 spiro atoms. The molecule has 3 heterocycles. The minimum absolute atomic E-state index is 0.0165. The van der Waals surface area contributed by atoms with Gasteiger partial charge in [-0.25, -0.2) is 4.99 Å². The maximum Gasteiger partial charge on any atom is 0.267 e. The molecule has 31 heavy (non-hydrogen) atoms. The van der Waals surface area contributed by atoms with Crippen LogP contribution in [-0.4, -0.2) is 25.5 Å². The highest BCUT2D eigenvalue weighted by Gasteiger charge is 2.33. The average molecular weight is 429 g/mol. The van der Waals surface area contributed by atoms with E-state index in [1.165, 1.54) is 37.4 Å². The van der Waals surface area contributed by atoms with Crippen LogP contribution in [0.15, 0.2) is 83.2 Å². The molecular formula is C25H24N4OS. The van der Waals surface area contributed by atoms with Crippen LogP contribution in [-0.2, 0) is 11.3 Å². The van der Waals surface area contributed by atoms with Crippen LogP contribution in [0.25, 0.3) is 6.08 Å². The first-order chi connectivity index (χ1) is 15.3. The number of carbonyl (C=O) groups is 1. The third-order valence-corrected chi connectivity index (χ3v) is 6.72. The van der Waals surface area contributed by atoms with Gasteiger partial charge in [0.2, 0.25) is 0 Å². The minimum atomic E-state index is -0.0165. The predicted octanol–water partition coefficient (Wildman–Crippen LogP) is 5.80. The van der Waals surface area contributed by atoms with E-state index >= 15 is 0 Å². The van der Waals surface area contributed by atoms with Crippen molar-refractivity contribution in [3.63, 3.8) is 0 Å². The Morgan fingerprint density at radius 1 is 1.10 bits per heavy atom. The number of carbonyl (C=O) groups excluding carboxylic acids is 1. The molecule has 5 rings (SSSR count). The number of amides is 1. The standard InChI is InChI=1S/C25H24N4OS/c30-24-23(15-19-12-14-28(17-19)22-10-4-5-11-22)31-25(27-21-8-2-1-3-9-21)29(24)18-20-7-6-13-26-16-20/h1-3,6-9,12-17,22H,4-5,10-11,18H2/b23-15+,27-25?. The van der Waals surface area contributed by atoms with Crippen LogP contribution < -0.4 is 0 Å². The number of hydrogen-bond acceptors (Lipinski definition) is 4. The molecule has 2 aliphatic rings. The monoisotopic (exact) mass is 428 g/mol. The fraction of sp³-hybridized carbons (Fsp3) is 0.240. The van der Waals surface area contributed by atoms with Crippen molar-refractivity contribution >= 4 is 34.6 Å². The van der Waals surface area contributed by atoms with Crippen molar-refractivity contribution in [3.8, 4) is 0 Å². The van der Waals surface area contributed by atoms with Gasteiger partial charge in [-0.15, -0.1) is 0 Å². The van der Waals surface area contributed by atoms with Gasteiger partial charge in [-0.05, 0) is 66.1 Å². The molecule has 1 aliphatic heterocycles. The van der Waals surface area contributed by atoms with E-state index in [9.17, 15) is 4.79 Å². The Bertz CT molecular complexity index is 1110. The smallest absolute Gasteiger partial charge is 0.267 e. The highest BCUT2D eigenvalue weighted by atomic mass is 32.2. The van der Waals surface area contributed by atoms with Crippen molar-refractivity contribution in [1.82, 2.24) is 14.5 Å². The first-order valence-electron chi connectivity index (χ1n) is 10.7. The summed E-state index contributed by atoms with van der Waals surface area (Å²) < 4.78 is 2.30. The number of aromatic nitrogens is 2. The third-order valence-electron chi connectivity index (χ3n) is 5.71. The molecule has 2 fully saturated rings. The van der Waals surface area contributed by atoms with E-state index < -0.39 is 0 Å². The molecule has 1 amide bonds. The van der Waals surface area contributed by atoms with E-state index in [4.69, 9.17) is 4.99 Å². The highest BCUT2D eigenvalue weighted by Crippen LogP contribution is 2.36. The summed E-state index contributed by atoms with van der Waals surface area (Å²) in [5.41, 5.74) is 2.87. The lowest BCUT2D eigenvalue weighted by molar-refractivity contribution is -0.122. The summed E-state index contributed by atoms with van der Waals surface area (Å²) in [5.74, 6) is -0.0165. The summed E-state index contributed by atoms with van der Waals surface area (Å²) in [4.78, 5) is 24.7. The molecule has 3 aromatic rings. The summed E-state index contributed by atoms with van der Waals surface area (Å²) in [6.07, 6.45) is 14.9. The van der Waals surface area contributed by atoms with E-state index in [1.54, 1.807) is 17.3 Å². The van der Waals surface area contributed by atoms with Gasteiger partial charge in [0.05, 0.1) is 17.1 Å². The second kappa shape index (κ2) is 8.94. The molecule has 0 unspecified atom stereocenters. The van der Waals surface area contributed by atoms with E-state index in [0.29, 0.717) is 22.7 Å². The van der Waals surface area contributed by atoms with Crippen LogP contribution in [0, 0.1) is 0 Å². The Morgan fingerprint density at radius 3 is 2.71 bits per heavy atom. The van der Waals surface area contributed by atoms with E-state index in [-0.39, 0.29) is 5.91 Å². The largest absolute Gasteiger partial charge is 0.351 e. The molecule has 0 N–H and O–H groups in total. The van der Waals surface area contributed by atoms with Crippen LogP contribution in [0.2, 0.25) is 0 Å². The topological polar surface area (TPSA) is 50.5 Å². The van der Waals surface area contributed by atoms with Crippen LogP contribution >= 0.6 is 11.8 Å². The number of pyridine rings is 1. The number of thioether (sulfide) groups is 1. The summed E-state index contributed by atoms with van der Waals surface area (Å²) in [7, 11) is 0. The lowest BCUT2D eigenvalue weighted by Crippen LogP contribution is -2.28. The van der Waals surface area contributed by atoms with Crippen LogP contribution in [0.1, 0.15) is 42.9 Å². The quantitative estimate of drug-likeness (QED) is 0.483. The number of hydrogen-bond donors (Lipinski definition) is 0. The van der Waals surface area contributed by atoms with Crippen molar-refractivity contribution < 1.29 is 4.79 Å². The van der Waals surface area contributed by atoms with Gasteiger partial charge in [0.1, 0.15) is 0 Å². The average Bonchev–Trinajstić information content (AvgIpc) is 3.54. The van der Waals surface area contributed by atoms with Crippen LogP contribution in [0.3, 0.4) is 0 Å². The summed E-state index contributed by atoms with van der Waals surface area (Å²) in [6, 6.07) is 16.3. The predicted molar refractivity (Wildman–Crippen MR) is 126 cm³/mol. The van der Waals surface area contributed by atoms with Gasteiger partial charge < -0.3 is 4.57 Å². The zero-order chi connectivity index (χ0) is 21.0. The van der Waals surface area contributed by atoms with Crippen molar-refractivity contribution in [2.45, 2.75) is 38.3 Å². The van der Waals surface area contributed by atoms with Gasteiger partial charge in [-0.2, -0.15) is 0 Å². The molecule has 5 nitrogen and oxygen atoms in total. The number of para-hydroxylation sites is 1. The summed E-state index contributed by atoms with van der Waals surface area (Å²) in [6.45, 7) is 0.450. The molecule has 1 saturated carbocycles. The van der Waals surface area contributed by atoms with Crippen LogP contribution in [0.4, 0.5) is 5.69 Å². The lowest BCUT2D eigenvalue weighted by atomic mass is 10.2. The maximum atomic E-state index is 13.3. The fourth-order valence-corrected chi connectivity index (χ4v) is 5.11. The molecular weight excluding hydrogens is 404 g/mol. The lowest BCUT2D eigenvalue weighted by Gasteiger charge is -2.15. The Balaban J connectivity index is 1.44. The molecule has 0 radical (unpaired) electrons. The zero-order valence-electron chi connectivity index (χ0n) is 17.2. The third kappa shape index (κ3) is 4.49. The summed E-state index contributed by atoms with van der Waals surface area (Å²) >= 11 is 1.44. The van der Waals surface area contributed by atoms with Gasteiger partial charge in [0, 0.05) is 30.8 Å². The number of amidine groups is 1. The normalized spacial score (nSPS) is 19.7. The molecule has 1 aromatic carbocycles. The Kier molecular flexibility index (Phi) is 5.71. The minimum Gasteiger partial charge on any atom is -0.351 e. The van der Waals surface area contributed by atoms with Crippen molar-refractivity contribution in [2.24, 2.45) is 4.99 Å². The van der Waals surface area contributed by atoms with Gasteiger partial charge >= 0.3 is 0 Å². The number of nitrogens with zero attached hydrogens (tertiary/aromatic N) is 4. The Labute approximate surface area is 186 Å². The second-order valence-electron chi connectivity index (χ2n) is 7.92. The van der Waals surface area contributed by atoms with Gasteiger partial charge in [0.25, 0.3) is 5.91 Å². The molecule has 6 heteroatoms. The Morgan fingerprint density at radius 2 is 1.94 bits per heavy atom.